The highest BCUT2D eigenvalue weighted by Crippen LogP contribution is 2.31. The van der Waals surface area contributed by atoms with Crippen molar-refractivity contribution in [2.24, 2.45) is 0 Å². The monoisotopic (exact) mass is 392 g/mol. The van der Waals surface area contributed by atoms with Crippen LogP contribution in [-0.2, 0) is 0 Å². The number of rotatable bonds is 1. The molecule has 4 heteroatoms. The van der Waals surface area contributed by atoms with E-state index in [-0.39, 0.29) is 5.43 Å². The van der Waals surface area contributed by atoms with Crippen LogP contribution in [0.1, 0.15) is 5.56 Å². The molecule has 0 N–H and O–H groups in total. The minimum atomic E-state index is -0.0483. The van der Waals surface area contributed by atoms with Gasteiger partial charge in [-0.15, -0.1) is 0 Å². The molecule has 0 spiro atoms. The summed E-state index contributed by atoms with van der Waals surface area (Å²) in [6.45, 7) is 1.94. The Kier molecular flexibility index (Phi) is 3.52. The van der Waals surface area contributed by atoms with Crippen molar-refractivity contribution in [2.75, 3.05) is 0 Å². The van der Waals surface area contributed by atoms with Crippen LogP contribution in [0.2, 0.25) is 0 Å². The van der Waals surface area contributed by atoms with Crippen molar-refractivity contribution in [3.8, 4) is 11.3 Å². The highest BCUT2D eigenvalue weighted by Gasteiger charge is 2.14. The van der Waals surface area contributed by atoms with Crippen LogP contribution in [0.25, 0.3) is 22.3 Å². The normalized spacial score (nSPS) is 10.9. The fraction of sp³-hybridized carbons (Fsp3) is 0.0625. The number of benzene rings is 2. The molecule has 3 rings (SSSR count). The Balaban J connectivity index is 2.37. The number of fused-ring (bicyclic) bond motifs is 1. The third-order valence-electron chi connectivity index (χ3n) is 3.17. The van der Waals surface area contributed by atoms with Gasteiger partial charge in [-0.2, -0.15) is 0 Å². The van der Waals surface area contributed by atoms with E-state index in [1.54, 1.807) is 6.07 Å². The van der Waals surface area contributed by atoms with Gasteiger partial charge in [0, 0.05) is 10.0 Å². The van der Waals surface area contributed by atoms with E-state index >= 15 is 0 Å². The molecule has 0 radical (unpaired) electrons. The van der Waals surface area contributed by atoms with Gasteiger partial charge in [-0.3, -0.25) is 4.79 Å². The molecule has 100 valence electrons. The highest BCUT2D eigenvalue weighted by molar-refractivity contribution is 9.10. The van der Waals surface area contributed by atoms with Crippen molar-refractivity contribution in [3.05, 3.63) is 67.2 Å². The van der Waals surface area contributed by atoms with Crippen LogP contribution in [0.5, 0.6) is 0 Å². The minimum Gasteiger partial charge on any atom is -0.454 e. The predicted molar refractivity (Wildman–Crippen MR) is 88.1 cm³/mol. The van der Waals surface area contributed by atoms with E-state index in [1.807, 2.05) is 43.3 Å². The van der Waals surface area contributed by atoms with Crippen molar-refractivity contribution in [1.29, 1.82) is 0 Å². The summed E-state index contributed by atoms with van der Waals surface area (Å²) >= 11 is 6.76. The summed E-state index contributed by atoms with van der Waals surface area (Å²) in [7, 11) is 0. The van der Waals surface area contributed by atoms with Gasteiger partial charge >= 0.3 is 0 Å². The maximum absolute atomic E-state index is 12.4. The minimum absolute atomic E-state index is 0.0483. The largest absolute Gasteiger partial charge is 0.454 e. The summed E-state index contributed by atoms with van der Waals surface area (Å²) in [6.07, 6.45) is 0. The zero-order valence-corrected chi connectivity index (χ0v) is 13.8. The number of aryl methyl sites for hydroxylation is 1. The lowest BCUT2D eigenvalue weighted by molar-refractivity contribution is 0.612. The number of para-hydroxylation sites is 1. The van der Waals surface area contributed by atoms with Crippen LogP contribution in [0.3, 0.4) is 0 Å². The molecule has 1 aromatic heterocycles. The third-order valence-corrected chi connectivity index (χ3v) is 4.41. The van der Waals surface area contributed by atoms with Crippen molar-refractivity contribution >= 4 is 42.8 Å². The van der Waals surface area contributed by atoms with Crippen molar-refractivity contribution < 1.29 is 4.42 Å². The Morgan fingerprint density at radius 1 is 1.00 bits per heavy atom. The summed E-state index contributed by atoms with van der Waals surface area (Å²) in [5.41, 5.74) is 2.40. The smallest absolute Gasteiger partial charge is 0.207 e. The molecule has 0 amide bonds. The molecule has 0 aliphatic rings. The molecular weight excluding hydrogens is 384 g/mol. The lowest BCUT2D eigenvalue weighted by Gasteiger charge is -2.07. The van der Waals surface area contributed by atoms with Gasteiger partial charge in [0.1, 0.15) is 10.1 Å². The van der Waals surface area contributed by atoms with Gasteiger partial charge in [-0.05, 0) is 46.6 Å². The average molecular weight is 394 g/mol. The van der Waals surface area contributed by atoms with Gasteiger partial charge in [0.05, 0.1) is 5.39 Å². The van der Waals surface area contributed by atoms with E-state index in [9.17, 15) is 4.79 Å². The zero-order valence-electron chi connectivity index (χ0n) is 10.6. The van der Waals surface area contributed by atoms with E-state index < -0.39 is 0 Å². The van der Waals surface area contributed by atoms with Gasteiger partial charge in [0.15, 0.2) is 5.76 Å². The van der Waals surface area contributed by atoms with Gasteiger partial charge in [-0.1, -0.05) is 40.2 Å². The predicted octanol–water partition coefficient (Wildman–Crippen LogP) is 5.29. The van der Waals surface area contributed by atoms with Crippen molar-refractivity contribution in [1.82, 2.24) is 0 Å². The Hall–Kier alpha value is -1.39. The van der Waals surface area contributed by atoms with Gasteiger partial charge in [0.25, 0.3) is 0 Å². The van der Waals surface area contributed by atoms with Gasteiger partial charge in [-0.25, -0.2) is 0 Å². The van der Waals surface area contributed by atoms with Crippen LogP contribution in [0.15, 0.2) is 60.6 Å². The number of halogens is 2. The molecule has 3 aromatic rings. The van der Waals surface area contributed by atoms with Crippen molar-refractivity contribution in [3.63, 3.8) is 0 Å². The maximum atomic E-state index is 12.4. The van der Waals surface area contributed by atoms with E-state index in [4.69, 9.17) is 4.42 Å². The lowest BCUT2D eigenvalue weighted by atomic mass is 10.1. The molecule has 0 aliphatic heterocycles. The Bertz CT molecular complexity index is 849. The van der Waals surface area contributed by atoms with Crippen LogP contribution >= 0.6 is 31.9 Å². The Labute approximate surface area is 132 Å². The second-order valence-corrected chi connectivity index (χ2v) is 6.24. The lowest BCUT2D eigenvalue weighted by Crippen LogP contribution is -2.04. The average Bonchev–Trinajstić information content (AvgIpc) is 2.45. The first-order valence-electron chi connectivity index (χ1n) is 6.06. The number of hydrogen-bond acceptors (Lipinski definition) is 2. The molecule has 0 saturated heterocycles. The topological polar surface area (TPSA) is 30.2 Å². The molecule has 20 heavy (non-hydrogen) atoms. The fourth-order valence-corrected chi connectivity index (χ4v) is 2.91. The standard InChI is InChI=1S/C16H10Br2O2/c1-9-3-2-4-12-14(19)13(18)16(20-15(9)12)10-5-7-11(17)8-6-10/h2-8H,1H3. The molecule has 0 saturated carbocycles. The molecule has 0 aliphatic carbocycles. The second kappa shape index (κ2) is 5.19. The molecule has 0 fully saturated rings. The van der Waals surface area contributed by atoms with Crippen LogP contribution in [-0.4, -0.2) is 0 Å². The van der Waals surface area contributed by atoms with E-state index in [0.29, 0.717) is 21.2 Å². The quantitative estimate of drug-likeness (QED) is 0.562. The van der Waals surface area contributed by atoms with Gasteiger partial charge < -0.3 is 4.42 Å². The summed E-state index contributed by atoms with van der Waals surface area (Å²) in [4.78, 5) is 12.4. The van der Waals surface area contributed by atoms with Crippen LogP contribution < -0.4 is 5.43 Å². The van der Waals surface area contributed by atoms with Gasteiger partial charge in [0.2, 0.25) is 5.43 Å². The van der Waals surface area contributed by atoms with E-state index in [0.717, 1.165) is 15.6 Å². The van der Waals surface area contributed by atoms with E-state index in [2.05, 4.69) is 31.9 Å². The van der Waals surface area contributed by atoms with Crippen LogP contribution in [0, 0.1) is 6.92 Å². The summed E-state index contributed by atoms with van der Waals surface area (Å²) in [5, 5.41) is 0.595. The molecule has 2 nitrogen and oxygen atoms in total. The Morgan fingerprint density at radius 2 is 1.70 bits per heavy atom. The second-order valence-electron chi connectivity index (χ2n) is 4.53. The highest BCUT2D eigenvalue weighted by atomic mass is 79.9. The molecule has 0 atom stereocenters. The molecule has 2 aromatic carbocycles. The first kappa shape index (κ1) is 13.6. The summed E-state index contributed by atoms with van der Waals surface area (Å²) in [6, 6.07) is 13.2. The fourth-order valence-electron chi connectivity index (χ4n) is 2.12. The zero-order chi connectivity index (χ0) is 14.3. The maximum Gasteiger partial charge on any atom is 0.207 e. The molecule has 0 unspecified atom stereocenters. The SMILES string of the molecule is Cc1cccc2c(=O)c(Br)c(-c3ccc(Br)cc3)oc12. The van der Waals surface area contributed by atoms with Crippen LogP contribution in [0.4, 0.5) is 0 Å². The van der Waals surface area contributed by atoms with Crippen molar-refractivity contribution in [2.45, 2.75) is 6.92 Å². The number of hydrogen-bond donors (Lipinski definition) is 0. The first-order valence-corrected chi connectivity index (χ1v) is 7.64. The third kappa shape index (κ3) is 2.23. The first-order chi connectivity index (χ1) is 9.58. The Morgan fingerprint density at radius 3 is 2.40 bits per heavy atom. The van der Waals surface area contributed by atoms with E-state index in [1.165, 1.54) is 0 Å². The molecule has 0 bridgehead atoms. The summed E-state index contributed by atoms with van der Waals surface area (Å²) in [5.74, 6) is 0.560. The summed E-state index contributed by atoms with van der Waals surface area (Å²) < 4.78 is 7.41. The molecule has 1 heterocycles. The molecular formula is C16H10Br2O2.